The van der Waals surface area contributed by atoms with Gasteiger partial charge >= 0.3 is 0 Å². The smallest absolute Gasteiger partial charge is 0.258 e. The number of hydrogen-bond acceptors (Lipinski definition) is 6. The first-order valence-electron chi connectivity index (χ1n) is 10.4. The maximum absolute atomic E-state index is 12.8. The first-order valence-corrected chi connectivity index (χ1v) is 11.3. The van der Waals surface area contributed by atoms with Gasteiger partial charge in [-0.3, -0.25) is 19.7 Å². The van der Waals surface area contributed by atoms with Crippen LogP contribution in [0.4, 0.5) is 10.8 Å². The van der Waals surface area contributed by atoms with Crippen molar-refractivity contribution >= 4 is 34.0 Å². The van der Waals surface area contributed by atoms with Gasteiger partial charge in [0.2, 0.25) is 11.5 Å². The molecule has 1 aliphatic heterocycles. The Balaban J connectivity index is 1.31. The van der Waals surface area contributed by atoms with Crippen LogP contribution in [-0.2, 0) is 11.2 Å². The molecule has 2 N–H and O–H groups in total. The molecule has 9 heteroatoms. The Hall–Kier alpha value is -3.46. The van der Waals surface area contributed by atoms with E-state index in [9.17, 15) is 14.4 Å². The second-order valence-electron chi connectivity index (χ2n) is 7.87. The minimum Gasteiger partial charge on any atom is -0.368 e. The number of aromatic nitrogens is 2. The molecule has 166 valence electrons. The second-order valence-corrected chi connectivity index (χ2v) is 8.73. The zero-order valence-electron chi connectivity index (χ0n) is 18.1. The zero-order valence-corrected chi connectivity index (χ0v) is 18.9. The average Bonchev–Trinajstić information content (AvgIpc) is 3.22. The molecule has 0 aliphatic carbocycles. The number of thiazole rings is 1. The van der Waals surface area contributed by atoms with E-state index in [2.05, 4.69) is 52.2 Å². The molecule has 0 atom stereocenters. The zero-order chi connectivity index (χ0) is 22.7. The number of nitrogens with one attached hydrogen (secondary N) is 2. The highest BCUT2D eigenvalue weighted by atomic mass is 32.1. The van der Waals surface area contributed by atoms with Gasteiger partial charge in [0.1, 0.15) is 0 Å². The molecular formula is C23H25N5O3S. The molecule has 0 spiro atoms. The Bertz CT molecular complexity index is 1170. The maximum Gasteiger partial charge on any atom is 0.258 e. The summed E-state index contributed by atoms with van der Waals surface area (Å²) in [4.78, 5) is 47.2. The van der Waals surface area contributed by atoms with E-state index < -0.39 is 0 Å². The SMILES string of the molecule is Cc1ccc(C)c(N2CCN(C(=O)Cc3csc(NC(=O)c4ccc(=O)[nH]c4)n3)CC2)c1. The van der Waals surface area contributed by atoms with Crippen molar-refractivity contribution in [2.24, 2.45) is 0 Å². The predicted molar refractivity (Wildman–Crippen MR) is 126 cm³/mol. The van der Waals surface area contributed by atoms with Crippen molar-refractivity contribution in [1.82, 2.24) is 14.9 Å². The highest BCUT2D eigenvalue weighted by Gasteiger charge is 2.23. The summed E-state index contributed by atoms with van der Waals surface area (Å²) in [5, 5.41) is 4.90. The van der Waals surface area contributed by atoms with E-state index in [-0.39, 0.29) is 23.8 Å². The Labute approximate surface area is 189 Å². The lowest BCUT2D eigenvalue weighted by Gasteiger charge is -2.37. The summed E-state index contributed by atoms with van der Waals surface area (Å²) in [6.45, 7) is 7.15. The normalized spacial score (nSPS) is 13.8. The first-order chi connectivity index (χ1) is 15.4. The number of pyridine rings is 1. The summed E-state index contributed by atoms with van der Waals surface area (Å²) >= 11 is 1.27. The molecule has 3 aromatic rings. The molecule has 1 aliphatic rings. The third kappa shape index (κ3) is 5.05. The molecule has 0 radical (unpaired) electrons. The quantitative estimate of drug-likeness (QED) is 0.621. The third-order valence-electron chi connectivity index (χ3n) is 5.49. The fourth-order valence-electron chi connectivity index (χ4n) is 3.69. The van der Waals surface area contributed by atoms with Crippen LogP contribution in [0, 0.1) is 13.8 Å². The molecule has 0 bridgehead atoms. The lowest BCUT2D eigenvalue weighted by molar-refractivity contribution is -0.130. The molecule has 8 nitrogen and oxygen atoms in total. The van der Waals surface area contributed by atoms with Gasteiger partial charge in [-0.15, -0.1) is 11.3 Å². The molecule has 0 saturated carbocycles. The number of amides is 2. The van der Waals surface area contributed by atoms with Crippen molar-refractivity contribution in [1.29, 1.82) is 0 Å². The van der Waals surface area contributed by atoms with Gasteiger partial charge in [-0.2, -0.15) is 0 Å². The van der Waals surface area contributed by atoms with Crippen LogP contribution in [0.5, 0.6) is 0 Å². The lowest BCUT2D eigenvalue weighted by Crippen LogP contribution is -2.49. The molecule has 2 amide bonds. The number of H-pyrrole nitrogens is 1. The molecular weight excluding hydrogens is 426 g/mol. The van der Waals surface area contributed by atoms with Crippen molar-refractivity contribution in [3.63, 3.8) is 0 Å². The Morgan fingerprint density at radius 1 is 1.12 bits per heavy atom. The molecule has 4 rings (SSSR count). The number of piperazine rings is 1. The molecule has 3 heterocycles. The summed E-state index contributed by atoms with van der Waals surface area (Å²) in [7, 11) is 0. The summed E-state index contributed by atoms with van der Waals surface area (Å²) in [6, 6.07) is 9.19. The van der Waals surface area contributed by atoms with Crippen LogP contribution in [0.3, 0.4) is 0 Å². The fourth-order valence-corrected chi connectivity index (χ4v) is 4.40. The lowest BCUT2D eigenvalue weighted by atomic mass is 10.1. The number of rotatable bonds is 5. The topological polar surface area (TPSA) is 98.4 Å². The van der Waals surface area contributed by atoms with Crippen LogP contribution in [-0.4, -0.2) is 52.9 Å². The van der Waals surface area contributed by atoms with Gasteiger partial charge in [0.25, 0.3) is 5.91 Å². The van der Waals surface area contributed by atoms with E-state index in [0.717, 1.165) is 13.1 Å². The van der Waals surface area contributed by atoms with Gasteiger partial charge in [-0.1, -0.05) is 12.1 Å². The molecule has 2 aromatic heterocycles. The number of hydrogen-bond donors (Lipinski definition) is 2. The Morgan fingerprint density at radius 2 is 1.91 bits per heavy atom. The summed E-state index contributed by atoms with van der Waals surface area (Å²) in [6.07, 6.45) is 1.56. The number of aryl methyl sites for hydroxylation is 2. The highest BCUT2D eigenvalue weighted by Crippen LogP contribution is 2.23. The number of carbonyl (C=O) groups is 2. The van der Waals surface area contributed by atoms with Crippen molar-refractivity contribution in [2.45, 2.75) is 20.3 Å². The number of aromatic amines is 1. The van der Waals surface area contributed by atoms with Crippen molar-refractivity contribution < 1.29 is 9.59 Å². The number of benzene rings is 1. The van der Waals surface area contributed by atoms with Crippen molar-refractivity contribution in [2.75, 3.05) is 36.4 Å². The van der Waals surface area contributed by atoms with E-state index in [1.165, 1.54) is 46.5 Å². The fraction of sp³-hybridized carbons (Fsp3) is 0.304. The summed E-state index contributed by atoms with van der Waals surface area (Å²) < 4.78 is 0. The van der Waals surface area contributed by atoms with Gasteiger partial charge in [-0.05, 0) is 37.1 Å². The van der Waals surface area contributed by atoms with E-state index in [1.54, 1.807) is 5.38 Å². The predicted octanol–water partition coefficient (Wildman–Crippen LogP) is 2.59. The van der Waals surface area contributed by atoms with Crippen LogP contribution >= 0.6 is 11.3 Å². The van der Waals surface area contributed by atoms with Crippen LogP contribution in [0.15, 0.2) is 46.7 Å². The van der Waals surface area contributed by atoms with Gasteiger partial charge in [0, 0.05) is 49.5 Å². The first kappa shape index (κ1) is 21.8. The number of anilines is 2. The van der Waals surface area contributed by atoms with Gasteiger partial charge in [0.15, 0.2) is 5.13 Å². The van der Waals surface area contributed by atoms with Crippen molar-refractivity contribution in [3.05, 3.63) is 74.6 Å². The van der Waals surface area contributed by atoms with E-state index >= 15 is 0 Å². The Kier molecular flexibility index (Phi) is 6.36. The monoisotopic (exact) mass is 451 g/mol. The molecule has 1 fully saturated rings. The average molecular weight is 452 g/mol. The van der Waals surface area contributed by atoms with Crippen molar-refractivity contribution in [3.8, 4) is 0 Å². The van der Waals surface area contributed by atoms with Crippen LogP contribution in [0.1, 0.15) is 27.2 Å². The second kappa shape index (κ2) is 9.35. The largest absolute Gasteiger partial charge is 0.368 e. The molecule has 1 saturated heterocycles. The molecule has 1 aromatic carbocycles. The standard InChI is InChI=1S/C23H25N5O3S/c1-15-3-4-16(2)19(11-15)27-7-9-28(10-8-27)21(30)12-18-14-32-23(25-18)26-22(31)17-5-6-20(29)24-13-17/h3-6,11,13-14H,7-10,12H2,1-2H3,(H,24,29)(H,25,26,31). The highest BCUT2D eigenvalue weighted by molar-refractivity contribution is 7.14. The minimum atomic E-state index is -0.365. The van der Waals surface area contributed by atoms with E-state index in [4.69, 9.17) is 0 Å². The maximum atomic E-state index is 12.8. The van der Waals surface area contributed by atoms with Crippen LogP contribution < -0.4 is 15.8 Å². The summed E-state index contributed by atoms with van der Waals surface area (Å²) in [5.41, 5.74) is 4.41. The van der Waals surface area contributed by atoms with Gasteiger partial charge < -0.3 is 14.8 Å². The van der Waals surface area contributed by atoms with Gasteiger partial charge in [0.05, 0.1) is 17.7 Å². The summed E-state index contributed by atoms with van der Waals surface area (Å²) in [5.74, 6) is -0.328. The van der Waals surface area contributed by atoms with Gasteiger partial charge in [-0.25, -0.2) is 4.98 Å². The van der Waals surface area contributed by atoms with E-state index in [0.29, 0.717) is 29.5 Å². The minimum absolute atomic E-state index is 0.0365. The third-order valence-corrected chi connectivity index (χ3v) is 6.30. The number of nitrogens with zero attached hydrogens (tertiary/aromatic N) is 3. The number of carbonyl (C=O) groups excluding carboxylic acids is 2. The Morgan fingerprint density at radius 3 is 2.62 bits per heavy atom. The van der Waals surface area contributed by atoms with Crippen LogP contribution in [0.25, 0.3) is 0 Å². The molecule has 0 unspecified atom stereocenters. The van der Waals surface area contributed by atoms with E-state index in [1.807, 2.05) is 4.90 Å². The van der Waals surface area contributed by atoms with Crippen LogP contribution in [0.2, 0.25) is 0 Å². The molecule has 32 heavy (non-hydrogen) atoms.